The number of nitrogens with zero attached hydrogens (tertiary/aromatic N) is 1. The van der Waals surface area contributed by atoms with Crippen molar-refractivity contribution in [3.8, 4) is 5.75 Å². The van der Waals surface area contributed by atoms with Crippen molar-refractivity contribution in [3.05, 3.63) is 28.2 Å². The summed E-state index contributed by atoms with van der Waals surface area (Å²) in [6, 6.07) is 3.99. The lowest BCUT2D eigenvalue weighted by Crippen LogP contribution is -2.53. The monoisotopic (exact) mass is 413 g/mol. The molecule has 27 heavy (non-hydrogen) atoms. The highest BCUT2D eigenvalue weighted by Gasteiger charge is 2.53. The Kier molecular flexibility index (Phi) is 5.53. The highest BCUT2D eigenvalue weighted by atomic mass is 35.5. The number of amides is 4. The smallest absolute Gasteiger partial charge is 0.344 e. The van der Waals surface area contributed by atoms with Gasteiger partial charge in [0.1, 0.15) is 11.3 Å². The van der Waals surface area contributed by atoms with Crippen LogP contribution in [0.4, 0.5) is 4.79 Å². The summed E-state index contributed by atoms with van der Waals surface area (Å²) in [5.74, 6) is -0.268. The van der Waals surface area contributed by atoms with Crippen LogP contribution in [0.15, 0.2) is 18.2 Å². The van der Waals surface area contributed by atoms with Crippen molar-refractivity contribution in [3.63, 3.8) is 0 Å². The quantitative estimate of drug-likeness (QED) is 0.741. The Labute approximate surface area is 167 Å². The Morgan fingerprint density at radius 2 is 2.00 bits per heavy atom. The molecule has 1 unspecified atom stereocenters. The molecule has 1 spiro atoms. The number of benzene rings is 1. The highest BCUT2D eigenvalue weighted by molar-refractivity contribution is 6.35. The number of hydrogen-bond donors (Lipinski definition) is 2. The number of carbonyl (C=O) groups is 3. The average molecular weight is 414 g/mol. The molecular formula is C18H21Cl2N3O4. The van der Waals surface area contributed by atoms with E-state index in [-0.39, 0.29) is 10.8 Å². The minimum atomic E-state index is -0.979. The zero-order chi connectivity index (χ0) is 19.8. The van der Waals surface area contributed by atoms with Gasteiger partial charge >= 0.3 is 6.03 Å². The standard InChI is InChI=1S/C18H21Cl2N3O4/c1-10-5-7-18(8-6-10)16(25)23(17(26)21-18)22-15(24)11(2)27-14-4-3-12(19)9-13(14)20/h3-4,9-11H,5-8H2,1-2H3,(H,21,26)(H,22,24). The molecule has 1 saturated heterocycles. The van der Waals surface area contributed by atoms with Crippen molar-refractivity contribution < 1.29 is 19.1 Å². The third-order valence-electron chi connectivity index (χ3n) is 5.08. The second kappa shape index (κ2) is 7.56. The Hall–Kier alpha value is -1.99. The highest BCUT2D eigenvalue weighted by Crippen LogP contribution is 2.36. The molecule has 0 bridgehead atoms. The predicted molar refractivity (Wildman–Crippen MR) is 100 cm³/mol. The van der Waals surface area contributed by atoms with Crippen LogP contribution in [0, 0.1) is 5.92 Å². The number of ether oxygens (including phenoxy) is 1. The number of hydrazine groups is 1. The van der Waals surface area contributed by atoms with E-state index in [0.717, 1.165) is 17.9 Å². The van der Waals surface area contributed by atoms with Crippen LogP contribution in [-0.4, -0.2) is 34.5 Å². The summed E-state index contributed by atoms with van der Waals surface area (Å²) in [6.07, 6.45) is 1.85. The fourth-order valence-electron chi connectivity index (χ4n) is 3.33. The molecule has 1 saturated carbocycles. The van der Waals surface area contributed by atoms with Crippen molar-refractivity contribution in [2.45, 2.75) is 51.2 Å². The molecule has 1 atom stereocenters. The summed E-state index contributed by atoms with van der Waals surface area (Å²) in [4.78, 5) is 37.4. The van der Waals surface area contributed by atoms with Crippen LogP contribution in [0.1, 0.15) is 39.5 Å². The van der Waals surface area contributed by atoms with Gasteiger partial charge in [0.15, 0.2) is 6.10 Å². The topological polar surface area (TPSA) is 87.7 Å². The molecule has 7 nitrogen and oxygen atoms in total. The van der Waals surface area contributed by atoms with Crippen LogP contribution >= 0.6 is 23.2 Å². The molecular weight excluding hydrogens is 393 g/mol. The summed E-state index contributed by atoms with van der Waals surface area (Å²) < 4.78 is 5.52. The first-order chi connectivity index (χ1) is 12.7. The van der Waals surface area contributed by atoms with E-state index in [1.165, 1.54) is 13.0 Å². The minimum Gasteiger partial charge on any atom is -0.479 e. The summed E-state index contributed by atoms with van der Waals surface area (Å²) in [7, 11) is 0. The molecule has 4 amide bonds. The maximum atomic E-state index is 12.8. The van der Waals surface area contributed by atoms with Gasteiger partial charge in [-0.05, 0) is 56.7 Å². The number of hydrogen-bond acceptors (Lipinski definition) is 4. The third kappa shape index (κ3) is 3.99. The fraction of sp³-hybridized carbons (Fsp3) is 0.500. The van der Waals surface area contributed by atoms with Crippen molar-refractivity contribution in [2.24, 2.45) is 5.92 Å². The average Bonchev–Trinajstić information content (AvgIpc) is 2.84. The molecule has 2 fully saturated rings. The van der Waals surface area contributed by atoms with Gasteiger partial charge in [0.05, 0.1) is 5.02 Å². The van der Waals surface area contributed by atoms with E-state index in [0.29, 0.717) is 23.8 Å². The molecule has 1 heterocycles. The molecule has 146 valence electrons. The molecule has 1 aromatic rings. The maximum absolute atomic E-state index is 12.8. The normalized spacial score (nSPS) is 26.1. The van der Waals surface area contributed by atoms with E-state index in [1.54, 1.807) is 12.1 Å². The second-order valence-corrected chi connectivity index (χ2v) is 7.99. The van der Waals surface area contributed by atoms with Crippen LogP contribution in [0.3, 0.4) is 0 Å². The molecule has 3 rings (SSSR count). The molecule has 1 aromatic carbocycles. The predicted octanol–water partition coefficient (Wildman–Crippen LogP) is 3.29. The minimum absolute atomic E-state index is 0.257. The number of nitrogens with one attached hydrogen (secondary N) is 2. The number of imide groups is 1. The van der Waals surface area contributed by atoms with Gasteiger partial charge < -0.3 is 10.1 Å². The van der Waals surface area contributed by atoms with Crippen molar-refractivity contribution in [1.29, 1.82) is 0 Å². The summed E-state index contributed by atoms with van der Waals surface area (Å²) in [5, 5.41) is 4.19. The van der Waals surface area contributed by atoms with Crippen LogP contribution in [0.5, 0.6) is 5.75 Å². The fourth-order valence-corrected chi connectivity index (χ4v) is 3.78. The third-order valence-corrected chi connectivity index (χ3v) is 5.61. The molecule has 9 heteroatoms. The number of halogens is 2. The van der Waals surface area contributed by atoms with Gasteiger partial charge in [-0.1, -0.05) is 30.1 Å². The van der Waals surface area contributed by atoms with Crippen LogP contribution in [0.2, 0.25) is 10.0 Å². The molecule has 0 aromatic heterocycles. The Bertz CT molecular complexity index is 778. The number of carbonyl (C=O) groups excluding carboxylic acids is 3. The Balaban J connectivity index is 1.64. The lowest BCUT2D eigenvalue weighted by molar-refractivity contribution is -0.142. The SMILES string of the molecule is CC1CCC2(CC1)NC(=O)N(NC(=O)C(C)Oc1ccc(Cl)cc1Cl)C2=O. The van der Waals surface area contributed by atoms with Gasteiger partial charge in [0.2, 0.25) is 0 Å². The first-order valence-corrected chi connectivity index (χ1v) is 9.56. The zero-order valence-electron chi connectivity index (χ0n) is 15.1. The molecule has 1 aliphatic heterocycles. The molecule has 1 aliphatic carbocycles. The van der Waals surface area contributed by atoms with Gasteiger partial charge in [-0.15, -0.1) is 0 Å². The number of urea groups is 1. The summed E-state index contributed by atoms with van der Waals surface area (Å²) in [5.41, 5.74) is 1.43. The first-order valence-electron chi connectivity index (χ1n) is 8.81. The van der Waals surface area contributed by atoms with Gasteiger partial charge in [-0.3, -0.25) is 15.0 Å². The Morgan fingerprint density at radius 1 is 1.33 bits per heavy atom. The zero-order valence-corrected chi connectivity index (χ0v) is 16.6. The lowest BCUT2D eigenvalue weighted by Gasteiger charge is -2.33. The van der Waals surface area contributed by atoms with E-state index in [9.17, 15) is 14.4 Å². The van der Waals surface area contributed by atoms with E-state index < -0.39 is 29.5 Å². The van der Waals surface area contributed by atoms with Crippen molar-refractivity contribution in [2.75, 3.05) is 0 Å². The van der Waals surface area contributed by atoms with E-state index in [1.807, 2.05) is 0 Å². The van der Waals surface area contributed by atoms with Crippen molar-refractivity contribution >= 4 is 41.0 Å². The van der Waals surface area contributed by atoms with Crippen LogP contribution in [-0.2, 0) is 9.59 Å². The largest absolute Gasteiger partial charge is 0.479 e. The van der Waals surface area contributed by atoms with E-state index >= 15 is 0 Å². The maximum Gasteiger partial charge on any atom is 0.344 e. The molecule has 2 N–H and O–H groups in total. The molecule has 0 radical (unpaired) electrons. The van der Waals surface area contributed by atoms with E-state index in [4.69, 9.17) is 27.9 Å². The van der Waals surface area contributed by atoms with Gasteiger partial charge in [0, 0.05) is 5.02 Å². The van der Waals surface area contributed by atoms with Gasteiger partial charge in [-0.25, -0.2) is 4.79 Å². The van der Waals surface area contributed by atoms with Crippen molar-refractivity contribution in [1.82, 2.24) is 15.8 Å². The summed E-state index contributed by atoms with van der Waals surface area (Å²) in [6.45, 7) is 3.62. The lowest BCUT2D eigenvalue weighted by atomic mass is 9.77. The first kappa shape index (κ1) is 19.8. The summed E-state index contributed by atoms with van der Waals surface area (Å²) >= 11 is 11.9. The molecule has 2 aliphatic rings. The number of rotatable bonds is 4. The Morgan fingerprint density at radius 3 is 2.63 bits per heavy atom. The van der Waals surface area contributed by atoms with Gasteiger partial charge in [0.25, 0.3) is 11.8 Å². The van der Waals surface area contributed by atoms with E-state index in [2.05, 4.69) is 17.7 Å². The van der Waals surface area contributed by atoms with Crippen LogP contribution < -0.4 is 15.5 Å². The van der Waals surface area contributed by atoms with Crippen LogP contribution in [0.25, 0.3) is 0 Å². The van der Waals surface area contributed by atoms with Gasteiger partial charge in [-0.2, -0.15) is 5.01 Å². The second-order valence-electron chi connectivity index (χ2n) is 7.15.